The third-order valence-corrected chi connectivity index (χ3v) is 6.09. The van der Waals surface area contributed by atoms with E-state index < -0.39 is 0 Å². The van der Waals surface area contributed by atoms with E-state index in [2.05, 4.69) is 81.7 Å². The summed E-state index contributed by atoms with van der Waals surface area (Å²) in [6, 6.07) is 16.1. The van der Waals surface area contributed by atoms with Crippen molar-refractivity contribution in [3.8, 4) is 11.4 Å². The van der Waals surface area contributed by atoms with E-state index in [1.807, 2.05) is 35.8 Å². The average molecular weight is 500 g/mol. The SMILES string of the molecule is CCn1c(SCC(=O)N/N=C/c2cccc(Br)c2)nnc1-c1ccc(C(C)(C)C)cc1. The largest absolute Gasteiger partial charge is 0.302 e. The van der Waals surface area contributed by atoms with E-state index in [-0.39, 0.29) is 17.1 Å². The molecular formula is C23H26BrN5OS. The molecule has 0 atom stereocenters. The van der Waals surface area contributed by atoms with Gasteiger partial charge in [0.2, 0.25) is 0 Å². The number of benzene rings is 2. The zero-order valence-corrected chi connectivity index (χ0v) is 20.5. The normalized spacial score (nSPS) is 11.8. The highest BCUT2D eigenvalue weighted by Gasteiger charge is 2.17. The fourth-order valence-electron chi connectivity index (χ4n) is 2.94. The lowest BCUT2D eigenvalue weighted by Crippen LogP contribution is -2.20. The maximum absolute atomic E-state index is 12.2. The van der Waals surface area contributed by atoms with Crippen LogP contribution in [0.4, 0.5) is 0 Å². The summed E-state index contributed by atoms with van der Waals surface area (Å²) in [5.74, 6) is 0.813. The molecule has 0 radical (unpaired) electrons. The van der Waals surface area contributed by atoms with Crippen LogP contribution in [-0.2, 0) is 16.8 Å². The Hall–Kier alpha value is -2.45. The third-order valence-electron chi connectivity index (χ3n) is 4.63. The number of nitrogens with zero attached hydrogens (tertiary/aromatic N) is 4. The first-order valence-electron chi connectivity index (χ1n) is 10.0. The van der Waals surface area contributed by atoms with Crippen molar-refractivity contribution >= 4 is 39.8 Å². The van der Waals surface area contributed by atoms with E-state index in [0.717, 1.165) is 21.4 Å². The monoisotopic (exact) mass is 499 g/mol. The van der Waals surface area contributed by atoms with Crippen LogP contribution in [0.5, 0.6) is 0 Å². The van der Waals surface area contributed by atoms with E-state index in [4.69, 9.17) is 0 Å². The molecule has 1 amide bonds. The Morgan fingerprint density at radius 2 is 1.94 bits per heavy atom. The topological polar surface area (TPSA) is 72.2 Å². The number of nitrogens with one attached hydrogen (secondary N) is 1. The van der Waals surface area contributed by atoms with Crippen LogP contribution in [0.1, 0.15) is 38.8 Å². The minimum absolute atomic E-state index is 0.102. The lowest BCUT2D eigenvalue weighted by atomic mass is 9.87. The lowest BCUT2D eigenvalue weighted by molar-refractivity contribution is -0.118. The number of amides is 1. The van der Waals surface area contributed by atoms with Crippen LogP contribution in [0.25, 0.3) is 11.4 Å². The van der Waals surface area contributed by atoms with E-state index in [0.29, 0.717) is 11.7 Å². The maximum atomic E-state index is 12.2. The number of aromatic nitrogens is 3. The van der Waals surface area contributed by atoms with Crippen LogP contribution in [-0.4, -0.2) is 32.6 Å². The second-order valence-electron chi connectivity index (χ2n) is 8.01. The first kappa shape index (κ1) is 23.2. The Morgan fingerprint density at radius 1 is 1.19 bits per heavy atom. The fraction of sp³-hybridized carbons (Fsp3) is 0.304. The smallest absolute Gasteiger partial charge is 0.250 e. The van der Waals surface area contributed by atoms with Crippen LogP contribution < -0.4 is 5.43 Å². The van der Waals surface area contributed by atoms with Gasteiger partial charge in [-0.05, 0) is 35.6 Å². The van der Waals surface area contributed by atoms with Gasteiger partial charge in [-0.15, -0.1) is 10.2 Å². The number of hydrazone groups is 1. The van der Waals surface area contributed by atoms with Gasteiger partial charge in [-0.3, -0.25) is 4.79 Å². The van der Waals surface area contributed by atoms with Gasteiger partial charge in [0.05, 0.1) is 12.0 Å². The lowest BCUT2D eigenvalue weighted by Gasteiger charge is -2.19. The van der Waals surface area contributed by atoms with Crippen molar-refractivity contribution < 1.29 is 4.79 Å². The second-order valence-corrected chi connectivity index (χ2v) is 9.87. The zero-order chi connectivity index (χ0) is 22.4. The minimum Gasteiger partial charge on any atom is -0.302 e. The van der Waals surface area contributed by atoms with Crippen LogP contribution in [0.15, 0.2) is 63.3 Å². The number of hydrogen-bond acceptors (Lipinski definition) is 5. The minimum atomic E-state index is -0.196. The molecule has 0 unspecified atom stereocenters. The Bertz CT molecular complexity index is 1070. The standard InChI is InChI=1S/C23H26BrN5OS/c1-5-29-21(17-9-11-18(12-10-17)23(2,3)4)27-28-22(29)31-15-20(30)26-25-14-16-7-6-8-19(24)13-16/h6-14H,5,15H2,1-4H3,(H,26,30)/b25-14+. The predicted octanol–water partition coefficient (Wildman–Crippen LogP) is 5.27. The molecule has 0 saturated heterocycles. The number of thioether (sulfide) groups is 1. The molecule has 1 N–H and O–H groups in total. The molecule has 0 aliphatic carbocycles. The summed E-state index contributed by atoms with van der Waals surface area (Å²) in [4.78, 5) is 12.2. The average Bonchev–Trinajstić information content (AvgIpc) is 3.15. The molecule has 2 aromatic carbocycles. The molecule has 0 spiro atoms. The van der Waals surface area contributed by atoms with Crippen molar-refractivity contribution in [1.29, 1.82) is 0 Å². The highest BCUT2D eigenvalue weighted by Crippen LogP contribution is 2.27. The molecule has 8 heteroatoms. The predicted molar refractivity (Wildman–Crippen MR) is 130 cm³/mol. The van der Waals surface area contributed by atoms with Crippen LogP contribution in [0, 0.1) is 0 Å². The summed E-state index contributed by atoms with van der Waals surface area (Å²) < 4.78 is 2.98. The van der Waals surface area contributed by atoms with Gasteiger partial charge < -0.3 is 4.57 Å². The van der Waals surface area contributed by atoms with Crippen molar-refractivity contribution in [3.63, 3.8) is 0 Å². The van der Waals surface area contributed by atoms with Crippen molar-refractivity contribution in [2.24, 2.45) is 5.10 Å². The number of hydrogen-bond donors (Lipinski definition) is 1. The Labute approximate surface area is 195 Å². The van der Waals surface area contributed by atoms with E-state index in [1.54, 1.807) is 6.21 Å². The number of rotatable bonds is 7. The van der Waals surface area contributed by atoms with Crippen molar-refractivity contribution in [2.45, 2.75) is 44.8 Å². The molecular weight excluding hydrogens is 474 g/mol. The number of halogens is 1. The summed E-state index contributed by atoms with van der Waals surface area (Å²) in [6.45, 7) is 9.34. The number of carbonyl (C=O) groups is 1. The summed E-state index contributed by atoms with van der Waals surface area (Å²) in [5.41, 5.74) is 5.84. The van der Waals surface area contributed by atoms with Gasteiger partial charge in [-0.2, -0.15) is 5.10 Å². The fourth-order valence-corrected chi connectivity index (χ4v) is 4.15. The molecule has 162 valence electrons. The summed E-state index contributed by atoms with van der Waals surface area (Å²) in [5, 5.41) is 13.4. The Kier molecular flexibility index (Phi) is 7.67. The van der Waals surface area contributed by atoms with E-state index in [9.17, 15) is 4.79 Å². The molecule has 3 rings (SSSR count). The van der Waals surface area contributed by atoms with Gasteiger partial charge >= 0.3 is 0 Å². The highest BCUT2D eigenvalue weighted by atomic mass is 79.9. The third kappa shape index (κ3) is 6.27. The van der Waals surface area contributed by atoms with Crippen LogP contribution >= 0.6 is 27.7 Å². The zero-order valence-electron chi connectivity index (χ0n) is 18.1. The molecule has 0 aliphatic rings. The molecule has 0 fully saturated rings. The summed E-state index contributed by atoms with van der Waals surface area (Å²) in [7, 11) is 0. The molecule has 1 aromatic heterocycles. The summed E-state index contributed by atoms with van der Waals surface area (Å²) >= 11 is 4.76. The first-order chi connectivity index (χ1) is 14.8. The van der Waals surface area contributed by atoms with Gasteiger partial charge in [0.1, 0.15) is 0 Å². The Morgan fingerprint density at radius 3 is 2.58 bits per heavy atom. The number of carbonyl (C=O) groups excluding carboxylic acids is 1. The molecule has 31 heavy (non-hydrogen) atoms. The summed E-state index contributed by atoms with van der Waals surface area (Å²) in [6.07, 6.45) is 1.61. The Balaban J connectivity index is 1.62. The highest BCUT2D eigenvalue weighted by molar-refractivity contribution is 9.10. The molecule has 1 heterocycles. The first-order valence-corrected chi connectivity index (χ1v) is 11.8. The van der Waals surface area contributed by atoms with Gasteiger partial charge in [-0.25, -0.2) is 5.43 Å². The second kappa shape index (κ2) is 10.2. The molecule has 0 aliphatic heterocycles. The van der Waals surface area contributed by atoms with Crippen molar-refractivity contribution in [2.75, 3.05) is 5.75 Å². The molecule has 0 saturated carbocycles. The van der Waals surface area contributed by atoms with Crippen molar-refractivity contribution in [3.05, 3.63) is 64.1 Å². The van der Waals surface area contributed by atoms with Crippen molar-refractivity contribution in [1.82, 2.24) is 20.2 Å². The van der Waals surface area contributed by atoms with E-state index in [1.165, 1.54) is 17.3 Å². The van der Waals surface area contributed by atoms with Crippen LogP contribution in [0.3, 0.4) is 0 Å². The molecule has 0 bridgehead atoms. The van der Waals surface area contributed by atoms with Gasteiger partial charge in [0.15, 0.2) is 11.0 Å². The molecule has 6 nitrogen and oxygen atoms in total. The quantitative estimate of drug-likeness (QED) is 0.273. The van der Waals surface area contributed by atoms with Gasteiger partial charge in [-0.1, -0.05) is 84.9 Å². The van der Waals surface area contributed by atoms with Crippen LogP contribution in [0.2, 0.25) is 0 Å². The maximum Gasteiger partial charge on any atom is 0.250 e. The van der Waals surface area contributed by atoms with Gasteiger partial charge in [0.25, 0.3) is 5.91 Å². The van der Waals surface area contributed by atoms with E-state index >= 15 is 0 Å². The van der Waals surface area contributed by atoms with Gasteiger partial charge in [0, 0.05) is 16.6 Å². The molecule has 3 aromatic rings.